The maximum atomic E-state index is 11.8. The molecular formula is C13H15N3O4. The lowest BCUT2D eigenvalue weighted by molar-refractivity contribution is 0.264. The molecule has 0 saturated heterocycles. The summed E-state index contributed by atoms with van der Waals surface area (Å²) in [6.45, 7) is -0.193. The summed E-state index contributed by atoms with van der Waals surface area (Å²) in [5.74, 6) is 0.647. The van der Waals surface area contributed by atoms with Crippen LogP contribution in [0.5, 0.6) is 5.75 Å². The third-order valence-electron chi connectivity index (χ3n) is 2.82. The van der Waals surface area contributed by atoms with E-state index >= 15 is 0 Å². The molecule has 0 spiro atoms. The number of hydrogen-bond acceptors (Lipinski definition) is 5. The molecule has 7 heteroatoms. The van der Waals surface area contributed by atoms with Crippen LogP contribution in [0.2, 0.25) is 0 Å². The number of para-hydroxylation sites is 1. The Morgan fingerprint density at radius 3 is 2.80 bits per heavy atom. The summed E-state index contributed by atoms with van der Waals surface area (Å²) in [5, 5.41) is 12.8. The highest BCUT2D eigenvalue weighted by Gasteiger charge is 2.10. The molecule has 1 heterocycles. The molecule has 0 bridgehead atoms. The van der Waals surface area contributed by atoms with Crippen molar-refractivity contribution >= 4 is 0 Å². The lowest BCUT2D eigenvalue weighted by atomic mass is 10.1. The van der Waals surface area contributed by atoms with Crippen molar-refractivity contribution in [3.8, 4) is 5.75 Å². The number of aromatic nitrogens is 3. The van der Waals surface area contributed by atoms with Crippen LogP contribution < -0.4 is 16.0 Å². The third-order valence-corrected chi connectivity index (χ3v) is 2.82. The van der Waals surface area contributed by atoms with E-state index in [9.17, 15) is 9.59 Å². The number of aliphatic hydroxyl groups excluding tert-OH is 1. The molecule has 0 saturated carbocycles. The van der Waals surface area contributed by atoms with E-state index in [4.69, 9.17) is 9.84 Å². The topological polar surface area (TPSA) is 97.2 Å². The summed E-state index contributed by atoms with van der Waals surface area (Å²) >= 11 is 0. The van der Waals surface area contributed by atoms with Crippen LogP contribution in [0.3, 0.4) is 0 Å². The van der Waals surface area contributed by atoms with Crippen LogP contribution in [-0.2, 0) is 13.0 Å². The van der Waals surface area contributed by atoms with Crippen LogP contribution in [-0.4, -0.2) is 33.6 Å². The molecule has 0 unspecified atom stereocenters. The lowest BCUT2D eigenvalue weighted by Gasteiger charge is -2.08. The van der Waals surface area contributed by atoms with Gasteiger partial charge in [-0.25, -0.2) is 9.48 Å². The highest BCUT2D eigenvalue weighted by molar-refractivity contribution is 5.35. The normalized spacial score (nSPS) is 10.5. The predicted molar refractivity (Wildman–Crippen MR) is 72.0 cm³/mol. The summed E-state index contributed by atoms with van der Waals surface area (Å²) in [6.07, 6.45) is 0.241. The highest BCUT2D eigenvalue weighted by atomic mass is 16.5. The fourth-order valence-electron chi connectivity index (χ4n) is 1.86. The van der Waals surface area contributed by atoms with Gasteiger partial charge < -0.3 is 9.84 Å². The van der Waals surface area contributed by atoms with Crippen molar-refractivity contribution in [3.05, 3.63) is 56.4 Å². The monoisotopic (exact) mass is 277 g/mol. The first kappa shape index (κ1) is 14.0. The molecule has 7 nitrogen and oxygen atoms in total. The lowest BCUT2D eigenvalue weighted by Crippen LogP contribution is -2.35. The van der Waals surface area contributed by atoms with Crippen molar-refractivity contribution in [1.29, 1.82) is 0 Å². The van der Waals surface area contributed by atoms with Crippen LogP contribution in [0.4, 0.5) is 0 Å². The second-order valence-electron chi connectivity index (χ2n) is 4.14. The Labute approximate surface area is 114 Å². The standard InChI is InChI=1S/C13H15N3O4/c1-20-11-5-3-2-4-9(11)8-10-12(18)14-13(19)16(15-10)6-7-17/h2-5,17H,6-8H2,1H3,(H,14,18,19). The molecule has 2 N–H and O–H groups in total. The smallest absolute Gasteiger partial charge is 0.344 e. The van der Waals surface area contributed by atoms with Crippen molar-refractivity contribution in [1.82, 2.24) is 14.8 Å². The minimum Gasteiger partial charge on any atom is -0.496 e. The summed E-state index contributed by atoms with van der Waals surface area (Å²) in [7, 11) is 1.54. The highest BCUT2D eigenvalue weighted by Crippen LogP contribution is 2.18. The maximum Gasteiger partial charge on any atom is 0.344 e. The number of nitrogens with zero attached hydrogens (tertiary/aromatic N) is 2. The fourth-order valence-corrected chi connectivity index (χ4v) is 1.86. The van der Waals surface area contributed by atoms with Gasteiger partial charge in [0, 0.05) is 12.0 Å². The molecule has 1 aromatic carbocycles. The number of hydrogen-bond donors (Lipinski definition) is 2. The molecule has 0 aliphatic rings. The Kier molecular flexibility index (Phi) is 4.31. The molecule has 2 aromatic rings. The number of aliphatic hydroxyl groups is 1. The first-order valence-electron chi connectivity index (χ1n) is 6.08. The molecule has 0 aliphatic heterocycles. The van der Waals surface area contributed by atoms with E-state index in [0.717, 1.165) is 10.2 Å². The number of nitrogens with one attached hydrogen (secondary N) is 1. The number of benzene rings is 1. The van der Waals surface area contributed by atoms with Crippen LogP contribution in [0.15, 0.2) is 33.9 Å². The van der Waals surface area contributed by atoms with Crippen LogP contribution in [0.1, 0.15) is 11.3 Å². The van der Waals surface area contributed by atoms with E-state index in [1.807, 2.05) is 18.2 Å². The number of H-pyrrole nitrogens is 1. The van der Waals surface area contributed by atoms with Crippen LogP contribution in [0, 0.1) is 0 Å². The molecule has 20 heavy (non-hydrogen) atoms. The summed E-state index contributed by atoms with van der Waals surface area (Å²) < 4.78 is 6.24. The van der Waals surface area contributed by atoms with Crippen molar-refractivity contribution in [3.63, 3.8) is 0 Å². The SMILES string of the molecule is COc1ccccc1Cc1nn(CCO)c(=O)[nH]c1=O. The zero-order valence-electron chi connectivity index (χ0n) is 11.0. The van der Waals surface area contributed by atoms with Gasteiger partial charge in [0.05, 0.1) is 20.3 Å². The summed E-state index contributed by atoms with van der Waals surface area (Å²) in [6, 6.07) is 7.26. The van der Waals surface area contributed by atoms with Crippen molar-refractivity contribution < 1.29 is 9.84 Å². The van der Waals surface area contributed by atoms with Gasteiger partial charge in [-0.15, -0.1) is 0 Å². The Hall–Kier alpha value is -2.41. The van der Waals surface area contributed by atoms with Gasteiger partial charge in [0.25, 0.3) is 5.56 Å². The van der Waals surface area contributed by atoms with Crippen molar-refractivity contribution in [2.45, 2.75) is 13.0 Å². The first-order valence-corrected chi connectivity index (χ1v) is 6.08. The number of rotatable bonds is 5. The number of methoxy groups -OCH3 is 1. The molecule has 0 aliphatic carbocycles. The molecule has 0 radical (unpaired) electrons. The van der Waals surface area contributed by atoms with E-state index in [2.05, 4.69) is 10.1 Å². The quantitative estimate of drug-likeness (QED) is 0.769. The van der Waals surface area contributed by atoms with Gasteiger partial charge in [0.1, 0.15) is 11.4 Å². The molecule has 1 aromatic heterocycles. The predicted octanol–water partition coefficient (Wildman–Crippen LogP) is -0.477. The van der Waals surface area contributed by atoms with Gasteiger partial charge in [-0.3, -0.25) is 9.78 Å². The van der Waals surface area contributed by atoms with E-state index in [1.54, 1.807) is 13.2 Å². The second kappa shape index (κ2) is 6.16. The fraction of sp³-hybridized carbons (Fsp3) is 0.308. The minimum atomic E-state index is -0.632. The summed E-state index contributed by atoms with van der Waals surface area (Å²) in [4.78, 5) is 25.4. The van der Waals surface area contributed by atoms with Gasteiger partial charge in [-0.1, -0.05) is 18.2 Å². The molecule has 106 valence electrons. The molecular weight excluding hydrogens is 262 g/mol. The maximum absolute atomic E-state index is 11.8. The van der Waals surface area contributed by atoms with E-state index in [-0.39, 0.29) is 25.3 Å². The van der Waals surface area contributed by atoms with Gasteiger partial charge in [0.2, 0.25) is 0 Å². The third kappa shape index (κ3) is 2.94. The largest absolute Gasteiger partial charge is 0.496 e. The van der Waals surface area contributed by atoms with Crippen molar-refractivity contribution in [2.24, 2.45) is 0 Å². The van der Waals surface area contributed by atoms with Gasteiger partial charge in [-0.05, 0) is 6.07 Å². The molecule has 0 atom stereocenters. The average Bonchev–Trinajstić information content (AvgIpc) is 2.45. The van der Waals surface area contributed by atoms with Crippen molar-refractivity contribution in [2.75, 3.05) is 13.7 Å². The Morgan fingerprint density at radius 1 is 1.35 bits per heavy atom. The Morgan fingerprint density at radius 2 is 2.10 bits per heavy atom. The zero-order chi connectivity index (χ0) is 14.5. The van der Waals surface area contributed by atoms with Gasteiger partial charge in [0.15, 0.2) is 0 Å². The molecule has 2 rings (SSSR count). The average molecular weight is 277 g/mol. The van der Waals surface area contributed by atoms with Crippen LogP contribution in [0.25, 0.3) is 0 Å². The van der Waals surface area contributed by atoms with E-state index < -0.39 is 11.2 Å². The number of ether oxygens (including phenoxy) is 1. The van der Waals surface area contributed by atoms with E-state index in [1.165, 1.54) is 0 Å². The van der Waals surface area contributed by atoms with Crippen LogP contribution >= 0.6 is 0 Å². The Bertz CT molecular complexity index is 705. The second-order valence-corrected chi connectivity index (χ2v) is 4.14. The first-order chi connectivity index (χ1) is 9.65. The Balaban J connectivity index is 2.40. The van der Waals surface area contributed by atoms with Gasteiger partial charge >= 0.3 is 5.69 Å². The molecule has 0 fully saturated rings. The van der Waals surface area contributed by atoms with Gasteiger partial charge in [-0.2, -0.15) is 5.10 Å². The van der Waals surface area contributed by atoms with E-state index in [0.29, 0.717) is 5.75 Å². The summed E-state index contributed by atoms with van der Waals surface area (Å²) in [5.41, 5.74) is -0.173. The number of aromatic amines is 1. The molecule has 0 amide bonds. The zero-order valence-corrected chi connectivity index (χ0v) is 11.0. The minimum absolute atomic E-state index is 0.0362.